The van der Waals surface area contributed by atoms with Crippen molar-refractivity contribution in [1.82, 2.24) is 5.32 Å². The number of likely N-dealkylation sites (N-methyl/N-ethyl adjacent to an activating group) is 1. The zero-order valence-corrected chi connectivity index (χ0v) is 51.3. The average Bonchev–Trinajstić information content (AvgIpc) is 3.36. The van der Waals surface area contributed by atoms with Crippen LogP contribution in [0.3, 0.4) is 0 Å². The third kappa shape index (κ3) is 58.7. The maximum Gasteiger partial charge on any atom is 0.472 e. The van der Waals surface area contributed by atoms with Crippen LogP contribution in [-0.2, 0) is 18.4 Å². The highest BCUT2D eigenvalue weighted by atomic mass is 31.2. The van der Waals surface area contributed by atoms with Gasteiger partial charge in [0.2, 0.25) is 5.91 Å². The molecule has 0 aliphatic carbocycles. The Labute approximate surface area is 462 Å². The number of rotatable bonds is 61. The molecule has 0 spiro atoms. The lowest BCUT2D eigenvalue weighted by molar-refractivity contribution is -0.870. The lowest BCUT2D eigenvalue weighted by Crippen LogP contribution is -2.46. The van der Waals surface area contributed by atoms with E-state index >= 15 is 0 Å². The van der Waals surface area contributed by atoms with Crippen molar-refractivity contribution in [2.24, 2.45) is 0 Å². The van der Waals surface area contributed by atoms with Gasteiger partial charge in [0.05, 0.1) is 39.9 Å². The van der Waals surface area contributed by atoms with Crippen LogP contribution in [-0.4, -0.2) is 73.4 Å². The largest absolute Gasteiger partial charge is 0.472 e. The topological polar surface area (TPSA) is 105 Å². The van der Waals surface area contributed by atoms with Crippen molar-refractivity contribution in [3.05, 3.63) is 24.3 Å². The van der Waals surface area contributed by atoms with Crippen LogP contribution in [0.25, 0.3) is 0 Å². The molecule has 3 N–H and O–H groups in total. The van der Waals surface area contributed by atoms with Gasteiger partial charge in [-0.05, 0) is 44.9 Å². The van der Waals surface area contributed by atoms with Gasteiger partial charge in [-0.15, -0.1) is 0 Å². The van der Waals surface area contributed by atoms with Gasteiger partial charge in [-0.25, -0.2) is 4.57 Å². The number of phosphoric acid groups is 1. The monoisotopic (exact) mass is 1070 g/mol. The first-order valence-corrected chi connectivity index (χ1v) is 34.2. The molecule has 0 aromatic heterocycles. The van der Waals surface area contributed by atoms with E-state index in [1.807, 2.05) is 21.1 Å². The van der Waals surface area contributed by atoms with Crippen molar-refractivity contribution in [3.8, 4) is 0 Å². The summed E-state index contributed by atoms with van der Waals surface area (Å²) in [5.41, 5.74) is 0. The zero-order chi connectivity index (χ0) is 54.2. The van der Waals surface area contributed by atoms with Crippen LogP contribution in [0.5, 0.6) is 0 Å². The number of unbranched alkanes of at least 4 members (excludes halogenated alkanes) is 44. The third-order valence-electron chi connectivity index (χ3n) is 15.2. The summed E-state index contributed by atoms with van der Waals surface area (Å²) in [6.07, 6.45) is 72.6. The summed E-state index contributed by atoms with van der Waals surface area (Å²) < 4.78 is 23.9. The second kappa shape index (κ2) is 56.7. The Morgan fingerprint density at radius 3 is 1.11 bits per heavy atom. The molecule has 74 heavy (non-hydrogen) atoms. The molecule has 0 saturated heterocycles. The van der Waals surface area contributed by atoms with E-state index in [4.69, 9.17) is 9.05 Å². The Bertz CT molecular complexity index is 1260. The van der Waals surface area contributed by atoms with E-state index in [2.05, 4.69) is 43.5 Å². The molecule has 440 valence electrons. The summed E-state index contributed by atoms with van der Waals surface area (Å²) in [4.78, 5) is 23.4. The Balaban J connectivity index is 4.08. The Kier molecular flexibility index (Phi) is 55.9. The first-order chi connectivity index (χ1) is 36.0. The molecule has 0 fully saturated rings. The molecule has 1 amide bonds. The average molecular weight is 1070 g/mol. The minimum atomic E-state index is -4.33. The molecule has 3 unspecified atom stereocenters. The molecule has 0 aliphatic heterocycles. The Morgan fingerprint density at radius 2 is 0.770 bits per heavy atom. The van der Waals surface area contributed by atoms with Crippen LogP contribution in [0.4, 0.5) is 0 Å². The highest BCUT2D eigenvalue weighted by Gasteiger charge is 2.28. The van der Waals surface area contributed by atoms with E-state index in [-0.39, 0.29) is 19.1 Å². The number of carbonyl (C=O) groups excluding carboxylic acids is 1. The van der Waals surface area contributed by atoms with Crippen LogP contribution < -0.4 is 5.32 Å². The number of nitrogens with zero attached hydrogens (tertiary/aromatic N) is 1. The maximum atomic E-state index is 13.0. The van der Waals surface area contributed by atoms with Crippen molar-refractivity contribution >= 4 is 13.7 Å². The molecule has 9 heteroatoms. The number of amides is 1. The van der Waals surface area contributed by atoms with Gasteiger partial charge < -0.3 is 19.8 Å². The van der Waals surface area contributed by atoms with Gasteiger partial charge in [-0.1, -0.05) is 308 Å². The number of hydrogen-bond donors (Lipinski definition) is 3. The lowest BCUT2D eigenvalue weighted by atomic mass is 10.0. The first-order valence-electron chi connectivity index (χ1n) is 32.7. The van der Waals surface area contributed by atoms with Gasteiger partial charge in [0.25, 0.3) is 0 Å². The Morgan fingerprint density at radius 1 is 0.459 bits per heavy atom. The van der Waals surface area contributed by atoms with Crippen LogP contribution in [0.1, 0.15) is 335 Å². The molecule has 8 nitrogen and oxygen atoms in total. The van der Waals surface area contributed by atoms with Gasteiger partial charge in [0, 0.05) is 6.42 Å². The number of hydrogen-bond acceptors (Lipinski definition) is 5. The molecule has 0 rings (SSSR count). The highest BCUT2D eigenvalue weighted by molar-refractivity contribution is 7.47. The van der Waals surface area contributed by atoms with E-state index in [1.165, 1.54) is 263 Å². The summed E-state index contributed by atoms with van der Waals surface area (Å²) in [5.74, 6) is -0.141. The van der Waals surface area contributed by atoms with Crippen molar-refractivity contribution in [1.29, 1.82) is 0 Å². The van der Waals surface area contributed by atoms with E-state index < -0.39 is 20.0 Å². The van der Waals surface area contributed by atoms with Gasteiger partial charge in [-0.2, -0.15) is 0 Å². The molecule has 0 saturated carbocycles. The molecule has 3 atom stereocenters. The van der Waals surface area contributed by atoms with Crippen LogP contribution in [0, 0.1) is 0 Å². The molecule has 0 bridgehead atoms. The highest BCUT2D eigenvalue weighted by Crippen LogP contribution is 2.43. The second-order valence-electron chi connectivity index (χ2n) is 23.9. The van der Waals surface area contributed by atoms with E-state index in [0.29, 0.717) is 23.9 Å². The fourth-order valence-corrected chi connectivity index (χ4v) is 10.8. The lowest BCUT2D eigenvalue weighted by Gasteiger charge is -2.26. The smallest absolute Gasteiger partial charge is 0.391 e. The van der Waals surface area contributed by atoms with Gasteiger partial charge in [-0.3, -0.25) is 13.8 Å². The number of phosphoric ester groups is 1. The minimum absolute atomic E-state index is 0.0759. The number of quaternary nitrogens is 1. The van der Waals surface area contributed by atoms with Gasteiger partial charge >= 0.3 is 7.82 Å². The van der Waals surface area contributed by atoms with E-state index in [1.54, 1.807) is 0 Å². The molecular formula is C65H130N2O6P+. The third-order valence-corrected chi connectivity index (χ3v) is 16.2. The normalized spacial score (nSPS) is 13.9. The standard InChI is InChI=1S/C65H129N2O6P/c1-6-8-10-12-14-16-18-20-22-24-26-28-30-32-33-35-37-39-41-43-45-47-49-51-53-55-57-59-65(69)66-63(62-73-74(70,71)72-61-60-67(3,4)5)64(68)58-56-54-52-50-48-46-44-42-40-38-36-34-31-29-27-25-23-21-19-17-15-13-11-9-7-2/h26,28,32-33,63-64,68H,6-25,27,29-31,34-62H2,1-5H3,(H-,66,69,70,71)/p+1/b28-26-,33-32-. The number of aliphatic hydroxyl groups is 1. The quantitative estimate of drug-likeness (QED) is 0.0243. The molecule has 0 aromatic carbocycles. The van der Waals surface area contributed by atoms with Gasteiger partial charge in [0.1, 0.15) is 13.2 Å². The number of allylic oxidation sites excluding steroid dienone is 4. The first kappa shape index (κ1) is 73.0. The predicted molar refractivity (Wildman–Crippen MR) is 323 cm³/mol. The maximum absolute atomic E-state index is 13.0. The fraction of sp³-hybridized carbons (Fsp3) is 0.923. The second-order valence-corrected chi connectivity index (χ2v) is 25.3. The molecule has 0 aliphatic rings. The molecule has 0 heterocycles. The van der Waals surface area contributed by atoms with Crippen molar-refractivity contribution in [3.63, 3.8) is 0 Å². The summed E-state index contributed by atoms with van der Waals surface area (Å²) >= 11 is 0. The number of aliphatic hydroxyl groups excluding tert-OH is 1. The SMILES string of the molecule is CCCCCCCCCCC/C=C\C/C=C\CCCCCCCCCCCCCC(=O)NC(COP(=O)(O)OCC[N+](C)(C)C)C(O)CCCCCCCCCCCCCCCCCCCCCCCCCCC. The van der Waals surface area contributed by atoms with Gasteiger partial charge in [0.15, 0.2) is 0 Å². The van der Waals surface area contributed by atoms with E-state index in [0.717, 1.165) is 44.9 Å². The summed E-state index contributed by atoms with van der Waals surface area (Å²) in [6, 6.07) is -0.762. The van der Waals surface area contributed by atoms with Crippen LogP contribution in [0.2, 0.25) is 0 Å². The molecular weight excluding hydrogens is 936 g/mol. The summed E-state index contributed by atoms with van der Waals surface area (Å²) in [5, 5.41) is 14.1. The van der Waals surface area contributed by atoms with Crippen molar-refractivity contribution < 1.29 is 32.9 Å². The Hall–Kier alpha value is -1.02. The summed E-state index contributed by atoms with van der Waals surface area (Å²) in [6.45, 7) is 4.94. The van der Waals surface area contributed by atoms with E-state index in [9.17, 15) is 19.4 Å². The molecule has 0 radical (unpaired) electrons. The van der Waals surface area contributed by atoms with Crippen LogP contribution in [0.15, 0.2) is 24.3 Å². The number of nitrogens with one attached hydrogen (secondary N) is 1. The summed E-state index contributed by atoms with van der Waals surface area (Å²) in [7, 11) is 1.63. The fourth-order valence-electron chi connectivity index (χ4n) is 10.1. The van der Waals surface area contributed by atoms with Crippen molar-refractivity contribution in [2.75, 3.05) is 40.9 Å². The minimum Gasteiger partial charge on any atom is -0.391 e. The predicted octanol–water partition coefficient (Wildman–Crippen LogP) is 20.3. The van der Waals surface area contributed by atoms with Crippen LogP contribution >= 0.6 is 7.82 Å². The number of carbonyl (C=O) groups is 1. The zero-order valence-electron chi connectivity index (χ0n) is 50.4. The molecule has 0 aromatic rings. The van der Waals surface area contributed by atoms with Crippen molar-refractivity contribution in [2.45, 2.75) is 347 Å².